The standard InChI is InChI=1S/C9H16Cl3Si/c10-13(11,12)8-4-7-9-5-2-1-3-6-9/h1-8H2. The Morgan fingerprint density at radius 2 is 1.62 bits per heavy atom. The predicted octanol–water partition coefficient (Wildman–Crippen LogP) is 4.96. The van der Waals surface area contributed by atoms with Gasteiger partial charge in [0.1, 0.15) is 0 Å². The molecule has 0 amide bonds. The first-order valence-electron chi connectivity index (χ1n) is 4.98. The van der Waals surface area contributed by atoms with Crippen molar-refractivity contribution in [3.8, 4) is 0 Å². The van der Waals surface area contributed by atoms with Crippen LogP contribution in [0.15, 0.2) is 0 Å². The minimum absolute atomic E-state index is 0.821. The van der Waals surface area contributed by atoms with Crippen molar-refractivity contribution in [3.63, 3.8) is 0 Å². The van der Waals surface area contributed by atoms with Crippen LogP contribution < -0.4 is 0 Å². The van der Waals surface area contributed by atoms with E-state index in [4.69, 9.17) is 33.2 Å². The Morgan fingerprint density at radius 3 is 2.15 bits per heavy atom. The minimum Gasteiger partial charge on any atom is -0.126 e. The zero-order valence-corrected chi connectivity index (χ0v) is 11.1. The Balaban J connectivity index is 2.04. The molecule has 1 fully saturated rings. The van der Waals surface area contributed by atoms with Gasteiger partial charge >= 0.3 is 6.00 Å². The van der Waals surface area contributed by atoms with Crippen molar-refractivity contribution in [3.05, 3.63) is 5.92 Å². The Kier molecular flexibility index (Phi) is 5.47. The fourth-order valence-electron chi connectivity index (χ4n) is 1.84. The summed E-state index contributed by atoms with van der Waals surface area (Å²) >= 11 is 17.4. The van der Waals surface area contributed by atoms with E-state index in [1.54, 1.807) is 5.92 Å². The molecule has 4 heteroatoms. The SMILES string of the molecule is Cl[Si](Cl)(Cl)CCC[C]1CCCCC1. The van der Waals surface area contributed by atoms with Crippen molar-refractivity contribution in [2.24, 2.45) is 0 Å². The molecule has 13 heavy (non-hydrogen) atoms. The molecule has 1 saturated carbocycles. The molecule has 1 aliphatic rings. The maximum absolute atomic E-state index is 5.81. The maximum Gasteiger partial charge on any atom is 0.341 e. The summed E-state index contributed by atoms with van der Waals surface area (Å²) in [5, 5.41) is 0. The molecular weight excluding hydrogens is 243 g/mol. The Bertz CT molecular complexity index is 138. The van der Waals surface area contributed by atoms with Crippen molar-refractivity contribution in [2.75, 3.05) is 0 Å². The van der Waals surface area contributed by atoms with E-state index in [1.165, 1.54) is 38.5 Å². The molecule has 0 heterocycles. The second-order valence-corrected chi connectivity index (χ2v) is 13.1. The molecule has 0 atom stereocenters. The topological polar surface area (TPSA) is 0 Å². The third-order valence-corrected chi connectivity index (χ3v) is 5.17. The average Bonchev–Trinajstić information content (AvgIpc) is 2.04. The third kappa shape index (κ3) is 6.22. The van der Waals surface area contributed by atoms with Crippen LogP contribution in [-0.2, 0) is 0 Å². The van der Waals surface area contributed by atoms with E-state index in [0.29, 0.717) is 0 Å². The first kappa shape index (κ1) is 12.2. The lowest BCUT2D eigenvalue weighted by Gasteiger charge is -2.21. The molecular formula is C9H16Cl3Si. The monoisotopic (exact) mass is 257 g/mol. The van der Waals surface area contributed by atoms with Crippen molar-refractivity contribution in [1.29, 1.82) is 0 Å². The van der Waals surface area contributed by atoms with Crippen LogP contribution in [-0.4, -0.2) is 6.00 Å². The zero-order chi connectivity index (χ0) is 9.73. The summed E-state index contributed by atoms with van der Waals surface area (Å²) in [5.74, 6) is 1.70. The van der Waals surface area contributed by atoms with E-state index < -0.39 is 6.00 Å². The summed E-state index contributed by atoms with van der Waals surface area (Å²) < 4.78 is 0. The summed E-state index contributed by atoms with van der Waals surface area (Å²) in [6.45, 7) is 0. The highest BCUT2D eigenvalue weighted by Crippen LogP contribution is 2.33. The molecule has 0 aromatic carbocycles. The largest absolute Gasteiger partial charge is 0.341 e. The summed E-state index contributed by atoms with van der Waals surface area (Å²) in [4.78, 5) is 0. The van der Waals surface area contributed by atoms with Gasteiger partial charge < -0.3 is 0 Å². The molecule has 1 rings (SSSR count). The van der Waals surface area contributed by atoms with Gasteiger partial charge in [0.05, 0.1) is 0 Å². The molecule has 1 radical (unpaired) electrons. The van der Waals surface area contributed by atoms with Gasteiger partial charge in [-0.2, -0.15) is 0 Å². The summed E-state index contributed by atoms with van der Waals surface area (Å²) in [5.41, 5.74) is 0. The van der Waals surface area contributed by atoms with E-state index in [9.17, 15) is 0 Å². The van der Waals surface area contributed by atoms with E-state index >= 15 is 0 Å². The molecule has 0 unspecified atom stereocenters. The van der Waals surface area contributed by atoms with Gasteiger partial charge in [0.15, 0.2) is 0 Å². The van der Waals surface area contributed by atoms with Crippen LogP contribution >= 0.6 is 33.2 Å². The first-order valence-corrected chi connectivity index (χ1v) is 10.2. The molecule has 1 aliphatic carbocycles. The number of rotatable bonds is 4. The number of hydrogen-bond donors (Lipinski definition) is 0. The third-order valence-electron chi connectivity index (χ3n) is 2.55. The fraction of sp³-hybridized carbons (Fsp3) is 0.889. The second kappa shape index (κ2) is 5.84. The van der Waals surface area contributed by atoms with Crippen molar-refractivity contribution >= 4 is 39.2 Å². The highest BCUT2D eigenvalue weighted by Gasteiger charge is 2.24. The van der Waals surface area contributed by atoms with E-state index in [-0.39, 0.29) is 0 Å². The van der Waals surface area contributed by atoms with Crippen LogP contribution in [0.1, 0.15) is 44.9 Å². The van der Waals surface area contributed by atoms with Gasteiger partial charge in [-0.1, -0.05) is 25.7 Å². The van der Waals surface area contributed by atoms with Crippen LogP contribution in [0.4, 0.5) is 0 Å². The molecule has 0 aromatic heterocycles. The number of halogens is 3. The minimum atomic E-state index is -2.34. The van der Waals surface area contributed by atoms with Gasteiger partial charge in [0.2, 0.25) is 0 Å². The van der Waals surface area contributed by atoms with E-state index in [0.717, 1.165) is 12.5 Å². The van der Waals surface area contributed by atoms with Gasteiger partial charge in [-0.3, -0.25) is 0 Å². The average molecular weight is 259 g/mol. The van der Waals surface area contributed by atoms with Crippen LogP contribution in [0.3, 0.4) is 0 Å². The van der Waals surface area contributed by atoms with Crippen molar-refractivity contribution < 1.29 is 0 Å². The van der Waals surface area contributed by atoms with E-state index in [1.807, 2.05) is 0 Å². The van der Waals surface area contributed by atoms with Gasteiger partial charge in [-0.05, 0) is 31.2 Å². The smallest absolute Gasteiger partial charge is 0.126 e. The molecule has 0 aromatic rings. The van der Waals surface area contributed by atoms with E-state index in [2.05, 4.69) is 0 Å². The molecule has 0 N–H and O–H groups in total. The van der Waals surface area contributed by atoms with Crippen LogP contribution in [0.5, 0.6) is 0 Å². The molecule has 0 aliphatic heterocycles. The highest BCUT2D eigenvalue weighted by molar-refractivity contribution is 7.64. The summed E-state index contributed by atoms with van der Waals surface area (Å²) in [6.07, 6.45) is 9.07. The number of hydrogen-bond acceptors (Lipinski definition) is 0. The lowest BCUT2D eigenvalue weighted by Crippen LogP contribution is -2.10. The summed E-state index contributed by atoms with van der Waals surface area (Å²) in [7, 11) is 0. The van der Waals surface area contributed by atoms with Gasteiger partial charge in [-0.25, -0.2) is 0 Å². The lowest BCUT2D eigenvalue weighted by molar-refractivity contribution is 0.502. The Morgan fingerprint density at radius 1 is 1.00 bits per heavy atom. The molecule has 77 valence electrons. The fourth-order valence-corrected chi connectivity index (χ4v) is 3.62. The predicted molar refractivity (Wildman–Crippen MR) is 63.7 cm³/mol. The second-order valence-electron chi connectivity index (χ2n) is 3.78. The van der Waals surface area contributed by atoms with Gasteiger partial charge in [0.25, 0.3) is 0 Å². The quantitative estimate of drug-likeness (QED) is 0.494. The molecule has 0 nitrogen and oxygen atoms in total. The molecule has 0 spiro atoms. The normalized spacial score (nSPS) is 20.5. The van der Waals surface area contributed by atoms with Crippen LogP contribution in [0.2, 0.25) is 6.04 Å². The Hall–Kier alpha value is 1.09. The lowest BCUT2D eigenvalue weighted by atomic mass is 9.86. The Labute approximate surface area is 96.1 Å². The maximum atomic E-state index is 5.81. The zero-order valence-electron chi connectivity index (χ0n) is 7.79. The summed E-state index contributed by atoms with van der Waals surface area (Å²) in [6, 6.07) is -1.52. The highest BCUT2D eigenvalue weighted by atomic mass is 35.8. The molecule has 0 bridgehead atoms. The first-order chi connectivity index (χ1) is 6.08. The van der Waals surface area contributed by atoms with Crippen LogP contribution in [0.25, 0.3) is 0 Å². The molecule has 0 saturated heterocycles. The van der Waals surface area contributed by atoms with Crippen LogP contribution in [0, 0.1) is 5.92 Å². The van der Waals surface area contributed by atoms with Gasteiger partial charge in [-0.15, -0.1) is 33.2 Å². The van der Waals surface area contributed by atoms with Crippen molar-refractivity contribution in [2.45, 2.75) is 51.0 Å². The van der Waals surface area contributed by atoms with Gasteiger partial charge in [0, 0.05) is 0 Å². The van der Waals surface area contributed by atoms with Crippen molar-refractivity contribution in [1.82, 2.24) is 0 Å².